The molecule has 6 nitrogen and oxygen atoms in total. The fraction of sp³-hybridized carbons (Fsp3) is 0.333. The lowest BCUT2D eigenvalue weighted by molar-refractivity contribution is 0.263. The quantitative estimate of drug-likeness (QED) is 0.688. The number of rotatable bonds is 5. The molecular formula is C21H24FN3O3S. The third kappa shape index (κ3) is 3.82. The van der Waals surface area contributed by atoms with E-state index in [-0.39, 0.29) is 10.9 Å². The van der Waals surface area contributed by atoms with Gasteiger partial charge in [-0.2, -0.15) is 0 Å². The van der Waals surface area contributed by atoms with Gasteiger partial charge in [0.25, 0.3) is 10.0 Å². The zero-order valence-electron chi connectivity index (χ0n) is 16.4. The lowest BCUT2D eigenvalue weighted by Gasteiger charge is -2.30. The van der Waals surface area contributed by atoms with E-state index in [1.165, 1.54) is 34.4 Å². The minimum atomic E-state index is -3.84. The Morgan fingerprint density at radius 3 is 2.59 bits per heavy atom. The highest BCUT2D eigenvalue weighted by Gasteiger charge is 2.23. The van der Waals surface area contributed by atoms with Gasteiger partial charge in [0.1, 0.15) is 11.6 Å². The first-order valence-corrected chi connectivity index (χ1v) is 11.0. The maximum Gasteiger partial charge on any atom is 0.268 e. The smallest absolute Gasteiger partial charge is 0.268 e. The Kier molecular flexibility index (Phi) is 5.23. The number of nitrogens with one attached hydrogen (secondary N) is 1. The average Bonchev–Trinajstić information content (AvgIpc) is 3.13. The summed E-state index contributed by atoms with van der Waals surface area (Å²) in [4.78, 5) is 2.42. The highest BCUT2D eigenvalue weighted by Crippen LogP contribution is 2.31. The number of anilines is 1. The van der Waals surface area contributed by atoms with Gasteiger partial charge in [0.05, 0.1) is 23.2 Å². The largest absolute Gasteiger partial charge is 0.495 e. The molecule has 1 fully saturated rings. The van der Waals surface area contributed by atoms with E-state index >= 15 is 0 Å². The molecule has 0 saturated carbocycles. The normalized spacial score (nSPS) is 16.2. The van der Waals surface area contributed by atoms with Crippen molar-refractivity contribution >= 4 is 26.6 Å². The number of hydrogen-bond acceptors (Lipinski definition) is 5. The monoisotopic (exact) mass is 417 g/mol. The highest BCUT2D eigenvalue weighted by atomic mass is 32.2. The Labute approximate surface area is 169 Å². The van der Waals surface area contributed by atoms with Crippen LogP contribution in [0.2, 0.25) is 0 Å². The van der Waals surface area contributed by atoms with Crippen molar-refractivity contribution in [1.29, 1.82) is 0 Å². The van der Waals surface area contributed by atoms with E-state index in [0.717, 1.165) is 25.9 Å². The zero-order chi connectivity index (χ0) is 20.6. The molecular weight excluding hydrogens is 393 g/mol. The van der Waals surface area contributed by atoms with Crippen LogP contribution in [-0.2, 0) is 10.0 Å². The molecule has 1 aliphatic rings. The molecule has 0 unspecified atom stereocenters. The van der Waals surface area contributed by atoms with Crippen molar-refractivity contribution in [3.05, 3.63) is 54.5 Å². The summed E-state index contributed by atoms with van der Waals surface area (Å²) in [6.45, 7) is 1.98. The van der Waals surface area contributed by atoms with Crippen LogP contribution in [0.25, 0.3) is 10.9 Å². The van der Waals surface area contributed by atoms with Crippen LogP contribution in [0.3, 0.4) is 0 Å². The van der Waals surface area contributed by atoms with E-state index in [9.17, 15) is 12.8 Å². The number of piperidine rings is 1. The Hall–Kier alpha value is -2.58. The van der Waals surface area contributed by atoms with Crippen molar-refractivity contribution in [2.75, 3.05) is 32.6 Å². The minimum absolute atomic E-state index is 0.149. The summed E-state index contributed by atoms with van der Waals surface area (Å²) in [5.74, 6) is 0.198. The van der Waals surface area contributed by atoms with Crippen LogP contribution in [0.1, 0.15) is 12.8 Å². The van der Waals surface area contributed by atoms with Crippen LogP contribution < -0.4 is 10.1 Å². The number of halogens is 1. The molecule has 0 radical (unpaired) electrons. The van der Waals surface area contributed by atoms with E-state index in [2.05, 4.69) is 17.3 Å². The van der Waals surface area contributed by atoms with Gasteiger partial charge < -0.3 is 15.0 Å². The molecule has 2 aromatic carbocycles. The number of aromatic nitrogens is 1. The molecule has 4 rings (SSSR count). The second kappa shape index (κ2) is 7.68. The van der Waals surface area contributed by atoms with Gasteiger partial charge in [0.15, 0.2) is 0 Å². The van der Waals surface area contributed by atoms with Crippen molar-refractivity contribution < 1.29 is 17.5 Å². The maximum atomic E-state index is 13.5. The summed E-state index contributed by atoms with van der Waals surface area (Å²) < 4.78 is 46.6. The van der Waals surface area contributed by atoms with E-state index in [4.69, 9.17) is 4.74 Å². The van der Waals surface area contributed by atoms with Crippen molar-refractivity contribution in [2.45, 2.75) is 23.8 Å². The SMILES string of the molecule is COc1ccc(S(=O)(=O)n2ccc3cc(F)ccc32)cc1NC1CCN(C)CC1. The Balaban J connectivity index is 1.70. The van der Waals surface area contributed by atoms with Gasteiger partial charge >= 0.3 is 0 Å². The van der Waals surface area contributed by atoms with Gasteiger partial charge in [-0.3, -0.25) is 0 Å². The van der Waals surface area contributed by atoms with Gasteiger partial charge in [0, 0.05) is 17.6 Å². The van der Waals surface area contributed by atoms with Crippen LogP contribution in [-0.4, -0.2) is 50.6 Å². The third-order valence-electron chi connectivity index (χ3n) is 5.42. The molecule has 0 atom stereocenters. The van der Waals surface area contributed by atoms with Crippen LogP contribution in [0.4, 0.5) is 10.1 Å². The van der Waals surface area contributed by atoms with Crippen LogP contribution in [0.15, 0.2) is 53.6 Å². The Morgan fingerprint density at radius 2 is 1.86 bits per heavy atom. The van der Waals surface area contributed by atoms with Gasteiger partial charge in [0.2, 0.25) is 0 Å². The molecule has 0 aliphatic carbocycles. The summed E-state index contributed by atoms with van der Waals surface area (Å²) in [7, 11) is -0.180. The first kappa shape index (κ1) is 19.7. The van der Waals surface area contributed by atoms with Crippen LogP contribution >= 0.6 is 0 Å². The molecule has 1 aliphatic heterocycles. The summed E-state index contributed by atoms with van der Waals surface area (Å²) in [5.41, 5.74) is 1.10. The second-order valence-electron chi connectivity index (χ2n) is 7.40. The Morgan fingerprint density at radius 1 is 1.10 bits per heavy atom. The molecule has 8 heteroatoms. The van der Waals surface area contributed by atoms with E-state index < -0.39 is 15.8 Å². The number of methoxy groups -OCH3 is 1. The predicted molar refractivity (Wildman–Crippen MR) is 112 cm³/mol. The lowest BCUT2D eigenvalue weighted by atomic mass is 10.1. The van der Waals surface area contributed by atoms with Gasteiger partial charge in [-0.1, -0.05) is 0 Å². The molecule has 154 valence electrons. The fourth-order valence-corrected chi connectivity index (χ4v) is 5.12. The van der Waals surface area contributed by atoms with Crippen molar-refractivity contribution in [1.82, 2.24) is 8.87 Å². The standard InChI is InChI=1S/C21H24FN3O3S/c1-24-10-8-17(9-11-24)23-19-14-18(4-6-21(19)28-2)29(26,27)25-12-7-15-13-16(22)3-5-20(15)25/h3-7,12-14,17,23H,8-11H2,1-2H3. The van der Waals surface area contributed by atoms with Crippen LogP contribution in [0.5, 0.6) is 5.75 Å². The summed E-state index contributed by atoms with van der Waals surface area (Å²) in [6.07, 6.45) is 3.41. The molecule has 0 amide bonds. The molecule has 29 heavy (non-hydrogen) atoms. The summed E-state index contributed by atoms with van der Waals surface area (Å²) >= 11 is 0. The molecule has 1 aromatic heterocycles. The number of nitrogens with zero attached hydrogens (tertiary/aromatic N) is 2. The van der Waals surface area contributed by atoms with Crippen molar-refractivity contribution in [2.24, 2.45) is 0 Å². The number of hydrogen-bond donors (Lipinski definition) is 1. The zero-order valence-corrected chi connectivity index (χ0v) is 17.2. The predicted octanol–water partition coefficient (Wildman–Crippen LogP) is 3.53. The molecule has 0 spiro atoms. The fourth-order valence-electron chi connectivity index (χ4n) is 3.74. The molecule has 2 heterocycles. The minimum Gasteiger partial charge on any atom is -0.495 e. The lowest BCUT2D eigenvalue weighted by Crippen LogP contribution is -2.36. The first-order chi connectivity index (χ1) is 13.9. The molecule has 0 bridgehead atoms. The van der Waals surface area contributed by atoms with E-state index in [1.807, 2.05) is 0 Å². The summed E-state index contributed by atoms with van der Waals surface area (Å²) in [6, 6.07) is 10.7. The number of likely N-dealkylation sites (tertiary alicyclic amines) is 1. The first-order valence-electron chi connectivity index (χ1n) is 9.54. The van der Waals surface area contributed by atoms with Gasteiger partial charge in [-0.05, 0) is 75.4 Å². The van der Waals surface area contributed by atoms with E-state index in [0.29, 0.717) is 22.3 Å². The molecule has 3 aromatic rings. The average molecular weight is 418 g/mol. The Bertz CT molecular complexity index is 1140. The van der Waals surface area contributed by atoms with Gasteiger partial charge in [-0.25, -0.2) is 16.8 Å². The summed E-state index contributed by atoms with van der Waals surface area (Å²) in [5, 5.41) is 3.98. The topological polar surface area (TPSA) is 63.6 Å². The number of fused-ring (bicyclic) bond motifs is 1. The van der Waals surface area contributed by atoms with Crippen molar-refractivity contribution in [3.8, 4) is 5.75 Å². The van der Waals surface area contributed by atoms with Crippen LogP contribution in [0, 0.1) is 5.82 Å². The number of ether oxygens (including phenoxy) is 1. The second-order valence-corrected chi connectivity index (χ2v) is 9.22. The third-order valence-corrected chi connectivity index (χ3v) is 7.11. The molecule has 1 saturated heterocycles. The molecule has 1 N–H and O–H groups in total. The van der Waals surface area contributed by atoms with E-state index in [1.54, 1.807) is 25.3 Å². The van der Waals surface area contributed by atoms with Crippen molar-refractivity contribution in [3.63, 3.8) is 0 Å². The number of benzene rings is 2. The van der Waals surface area contributed by atoms with Gasteiger partial charge in [-0.15, -0.1) is 0 Å². The maximum absolute atomic E-state index is 13.5. The highest BCUT2D eigenvalue weighted by molar-refractivity contribution is 7.90.